The van der Waals surface area contributed by atoms with Gasteiger partial charge in [0.25, 0.3) is 5.91 Å². The lowest BCUT2D eigenvalue weighted by atomic mass is 9.66. The van der Waals surface area contributed by atoms with Gasteiger partial charge in [0.2, 0.25) is 0 Å². The minimum Gasteiger partial charge on any atom is -0.480 e. The molecule has 2 aromatic carbocycles. The molecule has 1 N–H and O–H groups in total. The highest BCUT2D eigenvalue weighted by atomic mass is 35.5. The summed E-state index contributed by atoms with van der Waals surface area (Å²) in [5.74, 6) is 0.429. The van der Waals surface area contributed by atoms with Gasteiger partial charge in [0, 0.05) is 23.0 Å². The number of ether oxygens (including phenoxy) is 1. The Morgan fingerprint density at radius 1 is 1.13 bits per heavy atom. The number of halogens is 1. The minimum absolute atomic E-state index is 0.0420. The molecule has 4 atom stereocenters. The van der Waals surface area contributed by atoms with E-state index in [-0.39, 0.29) is 23.5 Å². The summed E-state index contributed by atoms with van der Waals surface area (Å²) in [6.45, 7) is 4.18. The van der Waals surface area contributed by atoms with Crippen molar-refractivity contribution in [2.45, 2.75) is 83.0 Å². The predicted molar refractivity (Wildman–Crippen MR) is 147 cm³/mol. The Labute approximate surface area is 227 Å². The molecule has 2 aliphatic carbocycles. The molecule has 2 heterocycles. The fourth-order valence-electron chi connectivity index (χ4n) is 7.07. The summed E-state index contributed by atoms with van der Waals surface area (Å²) in [6.07, 6.45) is 5.89. The molecule has 0 spiro atoms. The average Bonchev–Trinajstić information content (AvgIpc) is 3.38. The molecule has 6 rings (SSSR count). The smallest absolute Gasteiger partial charge is 0.339 e. The van der Waals surface area contributed by atoms with E-state index >= 15 is 0 Å². The van der Waals surface area contributed by atoms with Crippen LogP contribution in [0.5, 0.6) is 5.75 Å². The molecule has 0 unspecified atom stereocenters. The van der Waals surface area contributed by atoms with Crippen molar-refractivity contribution in [1.29, 1.82) is 0 Å². The molecule has 3 aromatic rings. The van der Waals surface area contributed by atoms with Crippen molar-refractivity contribution in [2.24, 2.45) is 5.92 Å². The first-order valence-electron chi connectivity index (χ1n) is 13.8. The Morgan fingerprint density at radius 2 is 1.89 bits per heavy atom. The molecule has 1 amide bonds. The average molecular weight is 536 g/mol. The lowest BCUT2D eigenvalue weighted by Crippen LogP contribution is -2.58. The maximum Gasteiger partial charge on any atom is 0.339 e. The summed E-state index contributed by atoms with van der Waals surface area (Å²) in [7, 11) is 0. The van der Waals surface area contributed by atoms with Crippen LogP contribution >= 0.6 is 11.6 Å². The van der Waals surface area contributed by atoms with Gasteiger partial charge in [-0.05, 0) is 93.3 Å². The number of nitrogens with zero attached hydrogens (tertiary/aromatic N) is 1. The van der Waals surface area contributed by atoms with Gasteiger partial charge in [-0.1, -0.05) is 36.6 Å². The number of benzene rings is 2. The van der Waals surface area contributed by atoms with Gasteiger partial charge < -0.3 is 19.2 Å². The summed E-state index contributed by atoms with van der Waals surface area (Å²) >= 11 is 6.19. The minimum atomic E-state index is -0.770. The number of aliphatic hydroxyl groups is 1. The largest absolute Gasteiger partial charge is 0.480 e. The van der Waals surface area contributed by atoms with Gasteiger partial charge in [0.05, 0.1) is 17.0 Å². The molecule has 200 valence electrons. The van der Waals surface area contributed by atoms with E-state index in [2.05, 4.69) is 0 Å². The number of hydrogen-bond acceptors (Lipinski definition) is 5. The lowest BCUT2D eigenvalue weighted by Gasteiger charge is -2.53. The molecule has 2 fully saturated rings. The normalized spacial score (nSPS) is 25.6. The van der Waals surface area contributed by atoms with Crippen LogP contribution in [0.15, 0.2) is 45.6 Å². The lowest BCUT2D eigenvalue weighted by molar-refractivity contribution is -0.161. The van der Waals surface area contributed by atoms with E-state index in [4.69, 9.17) is 20.8 Å². The number of amides is 1. The highest BCUT2D eigenvalue weighted by molar-refractivity contribution is 6.30. The quantitative estimate of drug-likeness (QED) is 0.420. The van der Waals surface area contributed by atoms with Crippen molar-refractivity contribution in [1.82, 2.24) is 4.90 Å². The van der Waals surface area contributed by atoms with Crippen LogP contribution in [0.25, 0.3) is 11.0 Å². The highest BCUT2D eigenvalue weighted by Crippen LogP contribution is 2.49. The maximum absolute atomic E-state index is 14.1. The fraction of sp³-hybridized carbons (Fsp3) is 0.484. The van der Waals surface area contributed by atoms with Crippen LogP contribution < -0.4 is 10.4 Å². The molecule has 1 aliphatic heterocycles. The second-order valence-corrected chi connectivity index (χ2v) is 11.8. The van der Waals surface area contributed by atoms with Crippen LogP contribution in [0.4, 0.5) is 0 Å². The molecule has 1 saturated heterocycles. The molecular weight excluding hydrogens is 502 g/mol. The van der Waals surface area contributed by atoms with E-state index in [1.165, 1.54) is 0 Å². The Kier molecular flexibility index (Phi) is 6.51. The second-order valence-electron chi connectivity index (χ2n) is 11.3. The van der Waals surface area contributed by atoms with Crippen molar-refractivity contribution >= 4 is 28.5 Å². The van der Waals surface area contributed by atoms with E-state index in [9.17, 15) is 14.7 Å². The molecule has 38 heavy (non-hydrogen) atoms. The van der Waals surface area contributed by atoms with Crippen LogP contribution in [0.2, 0.25) is 5.02 Å². The monoisotopic (exact) mass is 535 g/mol. The third-order valence-electron chi connectivity index (χ3n) is 8.89. The fourth-order valence-corrected chi connectivity index (χ4v) is 7.20. The van der Waals surface area contributed by atoms with Crippen LogP contribution in [0.1, 0.15) is 73.7 Å². The van der Waals surface area contributed by atoms with Gasteiger partial charge >= 0.3 is 5.63 Å². The summed E-state index contributed by atoms with van der Waals surface area (Å²) < 4.78 is 12.1. The Bertz CT molecular complexity index is 1450. The summed E-state index contributed by atoms with van der Waals surface area (Å²) in [4.78, 5) is 28.5. The van der Waals surface area contributed by atoms with E-state index < -0.39 is 11.7 Å². The zero-order valence-corrected chi connectivity index (χ0v) is 22.7. The van der Waals surface area contributed by atoms with Gasteiger partial charge in [-0.15, -0.1) is 0 Å². The van der Waals surface area contributed by atoms with E-state index in [0.29, 0.717) is 35.7 Å². The number of likely N-dealkylation sites (tertiary alicyclic amines) is 1. The topological polar surface area (TPSA) is 80.0 Å². The van der Waals surface area contributed by atoms with Gasteiger partial charge in [0.15, 0.2) is 6.10 Å². The summed E-state index contributed by atoms with van der Waals surface area (Å²) in [6, 6.07) is 11.2. The van der Waals surface area contributed by atoms with Crippen molar-refractivity contribution in [3.8, 4) is 5.75 Å². The van der Waals surface area contributed by atoms with Gasteiger partial charge in [-0.3, -0.25) is 4.79 Å². The Hall–Kier alpha value is -2.83. The standard InChI is InChI=1S/C31H34ClNO5/c1-18-16-25(27-22-6-5-7-23(22)30(35)38-26(27)17-18)37-19(2)29(34)33-15-14-31(36)13-4-3-8-24(31)28(33)20-9-11-21(32)12-10-20/h9-12,16-17,19,24,28,36H,3-8,13-15H2,1-2H3/t19-,24+,28+,31-/m1/s1. The van der Waals surface area contributed by atoms with Crippen LogP contribution in [0, 0.1) is 12.8 Å². The Balaban J connectivity index is 1.35. The first-order chi connectivity index (χ1) is 18.2. The van der Waals surface area contributed by atoms with Gasteiger partial charge in [-0.2, -0.15) is 0 Å². The molecule has 0 bridgehead atoms. The summed E-state index contributed by atoms with van der Waals surface area (Å²) in [5, 5.41) is 13.0. The third-order valence-corrected chi connectivity index (χ3v) is 9.14. The first-order valence-corrected chi connectivity index (χ1v) is 14.2. The predicted octanol–water partition coefficient (Wildman–Crippen LogP) is 5.91. The number of aryl methyl sites for hydroxylation is 2. The van der Waals surface area contributed by atoms with Crippen LogP contribution in [-0.2, 0) is 17.6 Å². The van der Waals surface area contributed by atoms with Crippen molar-refractivity contribution < 1.29 is 19.1 Å². The van der Waals surface area contributed by atoms with Crippen molar-refractivity contribution in [2.75, 3.05) is 6.54 Å². The molecule has 7 heteroatoms. The number of carbonyl (C=O) groups excluding carboxylic acids is 1. The van der Waals surface area contributed by atoms with E-state index in [0.717, 1.165) is 66.2 Å². The zero-order chi connectivity index (χ0) is 26.6. The highest BCUT2D eigenvalue weighted by Gasteiger charge is 2.50. The molecule has 3 aliphatic rings. The van der Waals surface area contributed by atoms with Gasteiger partial charge in [0.1, 0.15) is 11.3 Å². The molecular formula is C31H34ClNO5. The molecule has 1 saturated carbocycles. The Morgan fingerprint density at radius 3 is 2.68 bits per heavy atom. The zero-order valence-electron chi connectivity index (χ0n) is 22.0. The van der Waals surface area contributed by atoms with Crippen LogP contribution in [-0.4, -0.2) is 34.2 Å². The van der Waals surface area contributed by atoms with Crippen molar-refractivity contribution in [3.63, 3.8) is 0 Å². The number of fused-ring (bicyclic) bond motifs is 4. The first kappa shape index (κ1) is 25.4. The molecule has 6 nitrogen and oxygen atoms in total. The third kappa shape index (κ3) is 4.32. The molecule has 1 aromatic heterocycles. The SMILES string of the molecule is Cc1cc(O[C@H](C)C(=O)N2CC[C@]3(O)CCCC[C@H]3[C@@H]2c2ccc(Cl)cc2)c2c3c(c(=O)oc2c1)CCC3. The second kappa shape index (κ2) is 9.73. The van der Waals surface area contributed by atoms with Crippen molar-refractivity contribution in [3.05, 3.63) is 74.1 Å². The van der Waals surface area contributed by atoms with Gasteiger partial charge in [-0.25, -0.2) is 4.79 Å². The number of hydrogen-bond donors (Lipinski definition) is 1. The number of rotatable bonds is 4. The molecule has 0 radical (unpaired) electrons. The maximum atomic E-state index is 14.1. The van der Waals surface area contributed by atoms with Crippen LogP contribution in [0.3, 0.4) is 0 Å². The summed E-state index contributed by atoms with van der Waals surface area (Å²) in [5.41, 5.74) is 3.06. The number of carbonyl (C=O) groups is 1. The number of piperidine rings is 1. The van der Waals surface area contributed by atoms with E-state index in [1.807, 2.05) is 48.2 Å². The van der Waals surface area contributed by atoms with E-state index in [1.54, 1.807) is 6.92 Å².